The first-order chi connectivity index (χ1) is 10.1. The summed E-state index contributed by atoms with van der Waals surface area (Å²) in [6, 6.07) is 7.09. The summed E-state index contributed by atoms with van der Waals surface area (Å²) >= 11 is 0. The minimum absolute atomic E-state index is 0.0702. The molecule has 2 atom stereocenters. The van der Waals surface area contributed by atoms with Crippen LogP contribution in [0.3, 0.4) is 0 Å². The van der Waals surface area contributed by atoms with Gasteiger partial charge in [-0.3, -0.25) is 9.59 Å². The Balaban J connectivity index is 1.56. The van der Waals surface area contributed by atoms with Gasteiger partial charge in [0.05, 0.1) is 12.0 Å². The van der Waals surface area contributed by atoms with Crippen molar-refractivity contribution in [3.8, 4) is 0 Å². The molecular weight excluding hydrogens is 268 g/mol. The van der Waals surface area contributed by atoms with Crippen LogP contribution < -0.4 is 10.6 Å². The lowest BCUT2D eigenvalue weighted by molar-refractivity contribution is -0.122. The van der Waals surface area contributed by atoms with E-state index in [1.807, 2.05) is 0 Å². The number of carbonyl (C=O) groups is 2. The highest BCUT2D eigenvalue weighted by atomic mass is 16.3. The molecule has 2 unspecified atom stereocenters. The van der Waals surface area contributed by atoms with Crippen LogP contribution in [0.15, 0.2) is 24.3 Å². The van der Waals surface area contributed by atoms with Crippen LogP contribution in [0.5, 0.6) is 0 Å². The monoisotopic (exact) mass is 288 g/mol. The smallest absolute Gasteiger partial charge is 0.230 e. The van der Waals surface area contributed by atoms with E-state index in [2.05, 4.69) is 10.6 Å². The lowest BCUT2D eigenvalue weighted by atomic mass is 10.1. The fourth-order valence-electron chi connectivity index (χ4n) is 2.71. The maximum atomic E-state index is 12.0. The molecule has 1 aromatic rings. The highest BCUT2D eigenvalue weighted by Crippen LogP contribution is 2.30. The summed E-state index contributed by atoms with van der Waals surface area (Å²) in [4.78, 5) is 23.7. The number of carbonyl (C=O) groups excluding carboxylic acids is 2. The van der Waals surface area contributed by atoms with E-state index in [-0.39, 0.29) is 23.7 Å². The van der Waals surface area contributed by atoms with Crippen molar-refractivity contribution in [2.45, 2.75) is 38.2 Å². The van der Waals surface area contributed by atoms with E-state index in [0.717, 1.165) is 31.4 Å². The lowest BCUT2D eigenvalue weighted by Gasteiger charge is -2.14. The van der Waals surface area contributed by atoms with Gasteiger partial charge in [-0.05, 0) is 56.4 Å². The predicted octanol–water partition coefficient (Wildman–Crippen LogP) is 2.13. The average Bonchev–Trinajstić information content (AvgIpc) is 3.23. The van der Waals surface area contributed by atoms with E-state index in [0.29, 0.717) is 12.1 Å². The number of benzene rings is 1. The second kappa shape index (κ2) is 5.85. The van der Waals surface area contributed by atoms with Crippen molar-refractivity contribution in [1.29, 1.82) is 0 Å². The number of anilines is 2. The first-order valence-electron chi connectivity index (χ1n) is 7.53. The summed E-state index contributed by atoms with van der Waals surface area (Å²) in [6.45, 7) is 0. The standard InChI is InChI=1S/C16H20N2O3/c19-14-3-1-2-13(14)16(21)18-12-8-6-11(7-9-12)17-15(20)10-4-5-10/h6-10,13-14,19H,1-5H2,(H,17,20)(H,18,21). The Kier molecular flexibility index (Phi) is 3.92. The van der Waals surface area contributed by atoms with E-state index < -0.39 is 6.10 Å². The summed E-state index contributed by atoms with van der Waals surface area (Å²) in [6.07, 6.45) is 3.76. The third-order valence-corrected chi connectivity index (χ3v) is 4.18. The number of aliphatic hydroxyl groups is 1. The van der Waals surface area contributed by atoms with E-state index in [9.17, 15) is 14.7 Å². The zero-order valence-corrected chi connectivity index (χ0v) is 11.8. The Bertz CT molecular complexity index is 537. The number of hydrogen-bond acceptors (Lipinski definition) is 3. The SMILES string of the molecule is O=C(Nc1ccc(NC(=O)C2CCCC2O)cc1)C1CC1. The van der Waals surface area contributed by atoms with Gasteiger partial charge in [0, 0.05) is 17.3 Å². The fourth-order valence-corrected chi connectivity index (χ4v) is 2.71. The zero-order chi connectivity index (χ0) is 14.8. The summed E-state index contributed by atoms with van der Waals surface area (Å²) in [5, 5.41) is 15.4. The van der Waals surface area contributed by atoms with Gasteiger partial charge in [-0.1, -0.05) is 0 Å². The normalized spacial score (nSPS) is 24.6. The van der Waals surface area contributed by atoms with E-state index >= 15 is 0 Å². The topological polar surface area (TPSA) is 78.4 Å². The minimum Gasteiger partial charge on any atom is -0.392 e. The predicted molar refractivity (Wildman–Crippen MR) is 79.8 cm³/mol. The first kappa shape index (κ1) is 14.1. The lowest BCUT2D eigenvalue weighted by Crippen LogP contribution is -2.28. The van der Waals surface area contributed by atoms with Crippen LogP contribution in [-0.4, -0.2) is 23.0 Å². The van der Waals surface area contributed by atoms with Crippen LogP contribution in [0.2, 0.25) is 0 Å². The number of rotatable bonds is 4. The minimum atomic E-state index is -0.526. The Morgan fingerprint density at radius 2 is 1.48 bits per heavy atom. The van der Waals surface area contributed by atoms with Crippen LogP contribution in [0.4, 0.5) is 11.4 Å². The maximum absolute atomic E-state index is 12.0. The van der Waals surface area contributed by atoms with Crippen molar-refractivity contribution in [2.24, 2.45) is 11.8 Å². The third-order valence-electron chi connectivity index (χ3n) is 4.18. The summed E-state index contributed by atoms with van der Waals surface area (Å²) in [7, 11) is 0. The van der Waals surface area contributed by atoms with Gasteiger partial charge in [0.25, 0.3) is 0 Å². The molecule has 2 fully saturated rings. The molecule has 5 heteroatoms. The molecule has 112 valence electrons. The van der Waals surface area contributed by atoms with Crippen LogP contribution in [0, 0.1) is 11.8 Å². The molecule has 5 nitrogen and oxygen atoms in total. The largest absolute Gasteiger partial charge is 0.392 e. The van der Waals surface area contributed by atoms with Crippen molar-refractivity contribution in [3.63, 3.8) is 0 Å². The van der Waals surface area contributed by atoms with Crippen LogP contribution >= 0.6 is 0 Å². The number of nitrogens with one attached hydrogen (secondary N) is 2. The van der Waals surface area contributed by atoms with E-state index in [1.165, 1.54) is 0 Å². The van der Waals surface area contributed by atoms with Gasteiger partial charge in [-0.15, -0.1) is 0 Å². The molecule has 1 aromatic carbocycles. The van der Waals surface area contributed by atoms with Gasteiger partial charge in [-0.25, -0.2) is 0 Å². The van der Waals surface area contributed by atoms with Gasteiger partial charge in [-0.2, -0.15) is 0 Å². The van der Waals surface area contributed by atoms with Crippen molar-refractivity contribution in [2.75, 3.05) is 10.6 Å². The Labute approximate surface area is 123 Å². The van der Waals surface area contributed by atoms with Crippen LogP contribution in [-0.2, 0) is 9.59 Å². The van der Waals surface area contributed by atoms with Crippen molar-refractivity contribution < 1.29 is 14.7 Å². The van der Waals surface area contributed by atoms with Gasteiger partial charge in [0.15, 0.2) is 0 Å². The molecule has 0 spiro atoms. The van der Waals surface area contributed by atoms with E-state index in [1.54, 1.807) is 24.3 Å². The molecule has 2 aliphatic rings. The van der Waals surface area contributed by atoms with Gasteiger partial charge >= 0.3 is 0 Å². The summed E-state index contributed by atoms with van der Waals surface area (Å²) in [5.74, 6) is -0.192. The molecule has 0 heterocycles. The van der Waals surface area contributed by atoms with Gasteiger partial charge in [0.1, 0.15) is 0 Å². The fraction of sp³-hybridized carbons (Fsp3) is 0.500. The molecule has 2 saturated carbocycles. The quantitative estimate of drug-likeness (QED) is 0.794. The zero-order valence-electron chi connectivity index (χ0n) is 11.8. The molecule has 2 amide bonds. The molecule has 2 aliphatic carbocycles. The summed E-state index contributed by atoms with van der Waals surface area (Å²) < 4.78 is 0. The molecule has 0 radical (unpaired) electrons. The first-order valence-corrected chi connectivity index (χ1v) is 7.53. The Morgan fingerprint density at radius 3 is 1.95 bits per heavy atom. The molecule has 3 N–H and O–H groups in total. The average molecular weight is 288 g/mol. The Morgan fingerprint density at radius 1 is 0.905 bits per heavy atom. The number of aliphatic hydroxyl groups excluding tert-OH is 1. The molecule has 21 heavy (non-hydrogen) atoms. The maximum Gasteiger partial charge on any atom is 0.230 e. The van der Waals surface area contributed by atoms with Crippen molar-refractivity contribution in [1.82, 2.24) is 0 Å². The summed E-state index contributed by atoms with van der Waals surface area (Å²) in [5.41, 5.74) is 1.43. The van der Waals surface area contributed by atoms with Crippen molar-refractivity contribution >= 4 is 23.2 Å². The van der Waals surface area contributed by atoms with Gasteiger partial charge in [0.2, 0.25) is 11.8 Å². The Hall–Kier alpha value is -1.88. The van der Waals surface area contributed by atoms with Gasteiger partial charge < -0.3 is 15.7 Å². The van der Waals surface area contributed by atoms with Crippen molar-refractivity contribution in [3.05, 3.63) is 24.3 Å². The molecule has 0 saturated heterocycles. The van der Waals surface area contributed by atoms with Crippen LogP contribution in [0.1, 0.15) is 32.1 Å². The van der Waals surface area contributed by atoms with E-state index in [4.69, 9.17) is 0 Å². The molecule has 3 rings (SSSR count). The second-order valence-electron chi connectivity index (χ2n) is 5.93. The molecule has 0 bridgehead atoms. The highest BCUT2D eigenvalue weighted by Gasteiger charge is 2.31. The second-order valence-corrected chi connectivity index (χ2v) is 5.93. The third kappa shape index (κ3) is 3.42. The molecule has 0 aromatic heterocycles. The van der Waals surface area contributed by atoms with Crippen LogP contribution in [0.25, 0.3) is 0 Å². The number of amides is 2. The highest BCUT2D eigenvalue weighted by molar-refractivity contribution is 5.95. The molecule has 0 aliphatic heterocycles. The molecular formula is C16H20N2O3. The number of hydrogen-bond donors (Lipinski definition) is 3.